The summed E-state index contributed by atoms with van der Waals surface area (Å²) < 4.78 is 13.1. The molecule has 1 aliphatic carbocycles. The Morgan fingerprint density at radius 3 is 2.95 bits per heavy atom. The molecule has 2 aromatic rings. The first-order valence-electron chi connectivity index (χ1n) is 6.88. The SMILES string of the molecule is O=C(O)c1cc2c(nc1NCc1cccc(F)c1)CCC2. The summed E-state index contributed by atoms with van der Waals surface area (Å²) in [5.41, 5.74) is 2.89. The summed E-state index contributed by atoms with van der Waals surface area (Å²) in [5.74, 6) is -0.957. The number of hydrogen-bond acceptors (Lipinski definition) is 3. The number of nitrogens with one attached hydrogen (secondary N) is 1. The molecule has 0 atom stereocenters. The molecule has 3 rings (SSSR count). The molecule has 4 nitrogen and oxygen atoms in total. The molecular formula is C16H15FN2O2. The number of aromatic carboxylic acids is 1. The van der Waals surface area contributed by atoms with E-state index in [1.54, 1.807) is 18.2 Å². The highest BCUT2D eigenvalue weighted by atomic mass is 19.1. The summed E-state index contributed by atoms with van der Waals surface area (Å²) in [6.07, 6.45) is 2.77. The number of aromatic nitrogens is 1. The summed E-state index contributed by atoms with van der Waals surface area (Å²) in [4.78, 5) is 15.8. The Balaban J connectivity index is 1.86. The minimum atomic E-state index is -1.00. The zero-order valence-corrected chi connectivity index (χ0v) is 11.4. The van der Waals surface area contributed by atoms with Gasteiger partial charge in [-0.15, -0.1) is 0 Å². The normalized spacial score (nSPS) is 13.0. The van der Waals surface area contributed by atoms with Gasteiger partial charge in [-0.25, -0.2) is 14.2 Å². The van der Waals surface area contributed by atoms with Crippen LogP contribution < -0.4 is 5.32 Å². The predicted octanol–water partition coefficient (Wildman–Crippen LogP) is 3.02. The third-order valence-electron chi connectivity index (χ3n) is 3.63. The summed E-state index contributed by atoms with van der Waals surface area (Å²) in [7, 11) is 0. The molecule has 2 N–H and O–H groups in total. The summed E-state index contributed by atoms with van der Waals surface area (Å²) in [5, 5.41) is 12.3. The molecule has 0 amide bonds. The minimum absolute atomic E-state index is 0.173. The van der Waals surface area contributed by atoms with Crippen molar-refractivity contribution >= 4 is 11.8 Å². The van der Waals surface area contributed by atoms with E-state index in [1.807, 2.05) is 0 Å². The molecule has 0 aliphatic heterocycles. The van der Waals surface area contributed by atoms with Crippen LogP contribution in [0.5, 0.6) is 0 Å². The van der Waals surface area contributed by atoms with Crippen molar-refractivity contribution in [1.29, 1.82) is 0 Å². The Morgan fingerprint density at radius 2 is 2.19 bits per heavy atom. The zero-order valence-electron chi connectivity index (χ0n) is 11.4. The highest BCUT2D eigenvalue weighted by molar-refractivity contribution is 5.93. The lowest BCUT2D eigenvalue weighted by Crippen LogP contribution is -2.10. The van der Waals surface area contributed by atoms with Crippen LogP contribution in [0.4, 0.5) is 10.2 Å². The van der Waals surface area contributed by atoms with Gasteiger partial charge in [0, 0.05) is 12.2 Å². The molecule has 5 heteroatoms. The average molecular weight is 286 g/mol. The molecule has 1 aromatic heterocycles. The molecular weight excluding hydrogens is 271 g/mol. The van der Waals surface area contributed by atoms with E-state index < -0.39 is 5.97 Å². The lowest BCUT2D eigenvalue weighted by molar-refractivity contribution is 0.0697. The van der Waals surface area contributed by atoms with E-state index in [0.717, 1.165) is 36.1 Å². The minimum Gasteiger partial charge on any atom is -0.478 e. The number of hydrogen-bond donors (Lipinski definition) is 2. The summed E-state index contributed by atoms with van der Waals surface area (Å²) in [6.45, 7) is 0.337. The molecule has 0 saturated heterocycles. The van der Waals surface area contributed by atoms with E-state index in [0.29, 0.717) is 12.4 Å². The van der Waals surface area contributed by atoms with Crippen molar-refractivity contribution < 1.29 is 14.3 Å². The zero-order chi connectivity index (χ0) is 14.8. The molecule has 0 unspecified atom stereocenters. The van der Waals surface area contributed by atoms with E-state index in [-0.39, 0.29) is 11.4 Å². The number of fused-ring (bicyclic) bond motifs is 1. The van der Waals surface area contributed by atoms with E-state index in [1.165, 1.54) is 12.1 Å². The number of benzene rings is 1. The fourth-order valence-electron chi connectivity index (χ4n) is 2.60. The number of carboxylic acid groups (broad SMARTS) is 1. The molecule has 1 heterocycles. The predicted molar refractivity (Wildman–Crippen MR) is 76.9 cm³/mol. The van der Waals surface area contributed by atoms with Crippen molar-refractivity contribution in [2.75, 3.05) is 5.32 Å². The van der Waals surface area contributed by atoms with Gasteiger partial charge in [-0.2, -0.15) is 0 Å². The Morgan fingerprint density at radius 1 is 1.33 bits per heavy atom. The Labute approximate surface area is 121 Å². The summed E-state index contributed by atoms with van der Waals surface area (Å²) in [6, 6.07) is 7.90. The number of anilines is 1. The fraction of sp³-hybridized carbons (Fsp3) is 0.250. The van der Waals surface area contributed by atoms with Gasteiger partial charge in [0.2, 0.25) is 0 Å². The van der Waals surface area contributed by atoms with E-state index in [9.17, 15) is 14.3 Å². The molecule has 1 aliphatic rings. The van der Waals surface area contributed by atoms with Gasteiger partial charge in [-0.1, -0.05) is 12.1 Å². The number of halogens is 1. The lowest BCUT2D eigenvalue weighted by Gasteiger charge is -2.11. The van der Waals surface area contributed by atoms with Crippen molar-refractivity contribution in [3.05, 3.63) is 58.5 Å². The van der Waals surface area contributed by atoms with Gasteiger partial charge < -0.3 is 10.4 Å². The number of pyridine rings is 1. The topological polar surface area (TPSA) is 62.2 Å². The third-order valence-corrected chi connectivity index (χ3v) is 3.63. The maximum atomic E-state index is 13.1. The molecule has 0 spiro atoms. The number of carbonyl (C=O) groups is 1. The maximum Gasteiger partial charge on any atom is 0.339 e. The molecule has 0 radical (unpaired) electrons. The van der Waals surface area contributed by atoms with Crippen molar-refractivity contribution in [2.45, 2.75) is 25.8 Å². The van der Waals surface area contributed by atoms with Crippen LogP contribution >= 0.6 is 0 Å². The van der Waals surface area contributed by atoms with E-state index in [2.05, 4.69) is 10.3 Å². The Hall–Kier alpha value is -2.43. The first-order chi connectivity index (χ1) is 10.1. The van der Waals surface area contributed by atoms with E-state index in [4.69, 9.17) is 0 Å². The monoisotopic (exact) mass is 286 g/mol. The fourth-order valence-corrected chi connectivity index (χ4v) is 2.60. The van der Waals surface area contributed by atoms with Crippen molar-refractivity contribution in [3.63, 3.8) is 0 Å². The van der Waals surface area contributed by atoms with Crippen LogP contribution in [-0.4, -0.2) is 16.1 Å². The van der Waals surface area contributed by atoms with Crippen LogP contribution in [0.2, 0.25) is 0 Å². The first-order valence-corrected chi connectivity index (χ1v) is 6.88. The van der Waals surface area contributed by atoms with Crippen molar-refractivity contribution in [3.8, 4) is 0 Å². The van der Waals surface area contributed by atoms with Gasteiger partial charge in [-0.05, 0) is 48.6 Å². The van der Waals surface area contributed by atoms with Crippen LogP contribution in [0.15, 0.2) is 30.3 Å². The van der Waals surface area contributed by atoms with Gasteiger partial charge >= 0.3 is 5.97 Å². The van der Waals surface area contributed by atoms with Gasteiger partial charge in [0.25, 0.3) is 0 Å². The number of carboxylic acids is 1. The number of rotatable bonds is 4. The highest BCUT2D eigenvalue weighted by Gasteiger charge is 2.19. The molecule has 0 fully saturated rings. The van der Waals surface area contributed by atoms with Gasteiger partial charge in [0.15, 0.2) is 0 Å². The lowest BCUT2D eigenvalue weighted by atomic mass is 10.1. The molecule has 0 bridgehead atoms. The number of nitrogens with zero attached hydrogens (tertiary/aromatic N) is 1. The Kier molecular flexibility index (Phi) is 3.56. The van der Waals surface area contributed by atoms with Crippen molar-refractivity contribution in [1.82, 2.24) is 4.98 Å². The van der Waals surface area contributed by atoms with Gasteiger partial charge in [0.05, 0.1) is 0 Å². The molecule has 0 saturated carbocycles. The first kappa shape index (κ1) is 13.5. The second kappa shape index (κ2) is 5.52. The van der Waals surface area contributed by atoms with Gasteiger partial charge in [-0.3, -0.25) is 0 Å². The Bertz CT molecular complexity index is 701. The summed E-state index contributed by atoms with van der Waals surface area (Å²) >= 11 is 0. The van der Waals surface area contributed by atoms with Gasteiger partial charge in [0.1, 0.15) is 17.2 Å². The van der Waals surface area contributed by atoms with Crippen LogP contribution in [0.1, 0.15) is 33.6 Å². The maximum absolute atomic E-state index is 13.1. The highest BCUT2D eigenvalue weighted by Crippen LogP contribution is 2.25. The van der Waals surface area contributed by atoms with Crippen LogP contribution in [0.25, 0.3) is 0 Å². The van der Waals surface area contributed by atoms with Crippen LogP contribution in [0.3, 0.4) is 0 Å². The van der Waals surface area contributed by atoms with Crippen LogP contribution in [-0.2, 0) is 19.4 Å². The third kappa shape index (κ3) is 2.86. The molecule has 21 heavy (non-hydrogen) atoms. The van der Waals surface area contributed by atoms with Crippen molar-refractivity contribution in [2.24, 2.45) is 0 Å². The smallest absolute Gasteiger partial charge is 0.339 e. The van der Waals surface area contributed by atoms with E-state index >= 15 is 0 Å². The molecule has 1 aromatic carbocycles. The quantitative estimate of drug-likeness (QED) is 0.907. The largest absolute Gasteiger partial charge is 0.478 e. The standard InChI is InChI=1S/C16H15FN2O2/c17-12-5-1-3-10(7-12)9-18-15-13(16(20)21)8-11-4-2-6-14(11)19-15/h1,3,5,7-8H,2,4,6,9H2,(H,18,19)(H,20,21). The molecule has 108 valence electrons. The number of aryl methyl sites for hydroxylation is 2. The average Bonchev–Trinajstić information content (AvgIpc) is 2.91. The van der Waals surface area contributed by atoms with Crippen LogP contribution in [0, 0.1) is 5.82 Å². The second-order valence-corrected chi connectivity index (χ2v) is 5.13. The second-order valence-electron chi connectivity index (χ2n) is 5.13.